The molecule has 1 aromatic rings. The molecule has 0 spiro atoms. The smallest absolute Gasteiger partial charge is 0.252 e. The molecule has 0 fully saturated rings. The number of hydrogen-bond acceptors (Lipinski definition) is 3. The zero-order valence-corrected chi connectivity index (χ0v) is 10.8. The maximum atomic E-state index is 12.2. The molecule has 1 heterocycles. The summed E-state index contributed by atoms with van der Waals surface area (Å²) < 4.78 is 49.0. The molecule has 0 saturated carbocycles. The normalized spacial score (nSPS) is 12.6. The summed E-state index contributed by atoms with van der Waals surface area (Å²) in [4.78, 5) is -0.129. The molecule has 0 aromatic carbocycles. The molecule has 0 amide bonds. The Morgan fingerprint density at radius 3 is 2.59 bits per heavy atom. The third-order valence-corrected chi connectivity index (χ3v) is 4.43. The Morgan fingerprint density at radius 1 is 1.53 bits per heavy atom. The molecule has 5 nitrogen and oxygen atoms in total. The van der Waals surface area contributed by atoms with Crippen molar-refractivity contribution in [3.05, 3.63) is 11.4 Å². The van der Waals surface area contributed by atoms with Gasteiger partial charge >= 0.3 is 0 Å². The van der Waals surface area contributed by atoms with E-state index in [4.69, 9.17) is 11.6 Å². The van der Waals surface area contributed by atoms with Crippen LogP contribution in [-0.2, 0) is 15.9 Å². The number of halogens is 3. The lowest BCUT2D eigenvalue weighted by atomic mass is 10.4. The monoisotopic (exact) mass is 287 g/mol. The van der Waals surface area contributed by atoms with Gasteiger partial charge in [-0.15, -0.1) is 11.6 Å². The van der Waals surface area contributed by atoms with Crippen LogP contribution in [0.15, 0.2) is 4.90 Å². The average molecular weight is 288 g/mol. The molecule has 0 radical (unpaired) electrons. The van der Waals surface area contributed by atoms with Gasteiger partial charge in [0, 0.05) is 7.05 Å². The molecule has 0 atom stereocenters. The quantitative estimate of drug-likeness (QED) is 0.831. The van der Waals surface area contributed by atoms with Gasteiger partial charge in [-0.3, -0.25) is 5.10 Å². The second-order valence-electron chi connectivity index (χ2n) is 3.43. The van der Waals surface area contributed by atoms with E-state index in [0.29, 0.717) is 4.31 Å². The van der Waals surface area contributed by atoms with Crippen molar-refractivity contribution < 1.29 is 17.2 Å². The summed E-state index contributed by atoms with van der Waals surface area (Å²) in [5.74, 6) is -0.110. The third kappa shape index (κ3) is 2.93. The first-order valence-corrected chi connectivity index (χ1v) is 6.62. The Labute approximate surface area is 103 Å². The number of sulfonamides is 1. The van der Waals surface area contributed by atoms with Crippen LogP contribution in [0.2, 0.25) is 0 Å². The summed E-state index contributed by atoms with van der Waals surface area (Å²) in [5, 5.41) is 6.19. The maximum absolute atomic E-state index is 12.2. The Hall–Kier alpha value is -0.730. The van der Waals surface area contributed by atoms with E-state index in [1.807, 2.05) is 0 Å². The fraction of sp³-hybridized carbons (Fsp3) is 0.625. The molecule has 0 aliphatic carbocycles. The number of nitrogens with one attached hydrogen (secondary N) is 1. The second kappa shape index (κ2) is 5.28. The van der Waals surface area contributed by atoms with Gasteiger partial charge in [-0.05, 0) is 6.92 Å². The van der Waals surface area contributed by atoms with E-state index in [0.717, 1.165) is 7.05 Å². The van der Waals surface area contributed by atoms with Crippen molar-refractivity contribution in [2.24, 2.45) is 0 Å². The van der Waals surface area contributed by atoms with Gasteiger partial charge in [0.15, 0.2) is 0 Å². The highest BCUT2D eigenvalue weighted by atomic mass is 35.5. The molecule has 0 saturated heterocycles. The number of alkyl halides is 3. The van der Waals surface area contributed by atoms with Crippen LogP contribution < -0.4 is 0 Å². The summed E-state index contributed by atoms with van der Waals surface area (Å²) >= 11 is 5.55. The van der Waals surface area contributed by atoms with E-state index in [1.54, 1.807) is 0 Å². The van der Waals surface area contributed by atoms with E-state index in [1.165, 1.54) is 6.92 Å². The number of H-pyrrole nitrogens is 1. The summed E-state index contributed by atoms with van der Waals surface area (Å²) in [6.45, 7) is 0.626. The minimum absolute atomic E-state index is 0.110. The second-order valence-corrected chi connectivity index (χ2v) is 5.68. The van der Waals surface area contributed by atoms with Gasteiger partial charge in [-0.25, -0.2) is 17.2 Å². The summed E-state index contributed by atoms with van der Waals surface area (Å²) in [7, 11) is -2.90. The summed E-state index contributed by atoms with van der Waals surface area (Å²) in [6.07, 6.45) is -2.73. The number of rotatable bonds is 5. The van der Waals surface area contributed by atoms with Crippen LogP contribution in [0, 0.1) is 6.92 Å². The first-order valence-electron chi connectivity index (χ1n) is 4.65. The molecule has 0 aliphatic heterocycles. The molecule has 0 aliphatic rings. The van der Waals surface area contributed by atoms with Crippen LogP contribution in [-0.4, -0.2) is 42.9 Å². The third-order valence-electron chi connectivity index (χ3n) is 2.15. The van der Waals surface area contributed by atoms with Crippen molar-refractivity contribution in [3.8, 4) is 0 Å². The highest BCUT2D eigenvalue weighted by Gasteiger charge is 2.29. The van der Waals surface area contributed by atoms with Crippen molar-refractivity contribution in [1.29, 1.82) is 0 Å². The van der Waals surface area contributed by atoms with Crippen molar-refractivity contribution in [2.75, 3.05) is 13.6 Å². The Balaban J connectivity index is 3.17. The lowest BCUT2D eigenvalue weighted by Gasteiger charge is -2.16. The minimum Gasteiger partial charge on any atom is -0.281 e. The van der Waals surface area contributed by atoms with E-state index in [-0.39, 0.29) is 22.2 Å². The lowest BCUT2D eigenvalue weighted by molar-refractivity contribution is 0.126. The zero-order chi connectivity index (χ0) is 13.2. The first kappa shape index (κ1) is 14.3. The van der Waals surface area contributed by atoms with Gasteiger partial charge in [0.25, 0.3) is 6.43 Å². The zero-order valence-electron chi connectivity index (χ0n) is 9.24. The van der Waals surface area contributed by atoms with E-state index in [2.05, 4.69) is 10.2 Å². The van der Waals surface area contributed by atoms with E-state index in [9.17, 15) is 17.2 Å². The van der Waals surface area contributed by atoms with Crippen molar-refractivity contribution in [2.45, 2.75) is 24.1 Å². The lowest BCUT2D eigenvalue weighted by Crippen LogP contribution is -2.32. The fourth-order valence-electron chi connectivity index (χ4n) is 1.35. The SMILES string of the molecule is Cc1[nH]nc(CCl)c1S(=O)(=O)N(C)CC(F)F. The minimum atomic E-state index is -3.99. The van der Waals surface area contributed by atoms with Gasteiger partial charge < -0.3 is 0 Å². The molecule has 0 unspecified atom stereocenters. The molecule has 0 bridgehead atoms. The van der Waals surface area contributed by atoms with Crippen LogP contribution >= 0.6 is 11.6 Å². The number of aromatic amines is 1. The van der Waals surface area contributed by atoms with Gasteiger partial charge in [0.2, 0.25) is 10.0 Å². The highest BCUT2D eigenvalue weighted by Crippen LogP contribution is 2.22. The predicted octanol–water partition coefficient (Wildman–Crippen LogP) is 1.34. The van der Waals surface area contributed by atoms with Crippen LogP contribution in [0.5, 0.6) is 0 Å². The number of aryl methyl sites for hydroxylation is 1. The average Bonchev–Trinajstić information content (AvgIpc) is 2.58. The van der Waals surface area contributed by atoms with E-state index < -0.39 is 23.0 Å². The molecule has 1 rings (SSSR count). The Kier molecular flexibility index (Phi) is 4.45. The molecule has 1 N–H and O–H groups in total. The number of hydrogen-bond donors (Lipinski definition) is 1. The van der Waals surface area contributed by atoms with Crippen LogP contribution in [0.1, 0.15) is 11.4 Å². The standard InChI is InChI=1S/C8H12ClF2N3O2S/c1-5-8(6(3-9)13-12-5)17(15,16)14(2)4-7(10)11/h7H,3-4H2,1-2H3,(H,12,13). The van der Waals surface area contributed by atoms with Crippen LogP contribution in [0.25, 0.3) is 0 Å². The molecule has 1 aromatic heterocycles. The maximum Gasteiger partial charge on any atom is 0.252 e. The van der Waals surface area contributed by atoms with Gasteiger partial charge in [-0.1, -0.05) is 0 Å². The topological polar surface area (TPSA) is 66.1 Å². The number of aromatic nitrogens is 2. The molecule has 17 heavy (non-hydrogen) atoms. The van der Waals surface area contributed by atoms with E-state index >= 15 is 0 Å². The number of nitrogens with zero attached hydrogens (tertiary/aromatic N) is 2. The van der Waals surface area contributed by atoms with Crippen molar-refractivity contribution >= 4 is 21.6 Å². The Morgan fingerprint density at radius 2 is 2.12 bits per heavy atom. The summed E-state index contributed by atoms with van der Waals surface area (Å²) in [6, 6.07) is 0. The molecular weight excluding hydrogens is 276 g/mol. The van der Waals surface area contributed by atoms with Crippen molar-refractivity contribution in [3.63, 3.8) is 0 Å². The molecule has 9 heteroatoms. The summed E-state index contributed by atoms with van der Waals surface area (Å²) in [5.41, 5.74) is 0.409. The van der Waals surface area contributed by atoms with Gasteiger partial charge in [0.1, 0.15) is 4.90 Å². The Bertz CT molecular complexity index is 489. The van der Waals surface area contributed by atoms with Crippen LogP contribution in [0.3, 0.4) is 0 Å². The fourth-order valence-corrected chi connectivity index (χ4v) is 3.09. The van der Waals surface area contributed by atoms with Gasteiger partial charge in [-0.2, -0.15) is 9.40 Å². The van der Waals surface area contributed by atoms with Crippen LogP contribution in [0.4, 0.5) is 8.78 Å². The molecule has 98 valence electrons. The first-order chi connectivity index (χ1) is 7.80. The highest BCUT2D eigenvalue weighted by molar-refractivity contribution is 7.89. The van der Waals surface area contributed by atoms with Crippen molar-refractivity contribution in [1.82, 2.24) is 14.5 Å². The molecular formula is C8H12ClF2N3O2S. The van der Waals surface area contributed by atoms with Gasteiger partial charge in [0.05, 0.1) is 23.8 Å². The predicted molar refractivity (Wildman–Crippen MR) is 58.7 cm³/mol. The largest absolute Gasteiger partial charge is 0.281 e.